The lowest BCUT2D eigenvalue weighted by Gasteiger charge is -2.05. The number of hydrogen-bond acceptors (Lipinski definition) is 2. The molecule has 1 aromatic carbocycles. The Labute approximate surface area is 113 Å². The molecule has 0 radical (unpaired) electrons. The molecule has 0 atom stereocenters. The highest BCUT2D eigenvalue weighted by atomic mass is 127. The number of benzene rings is 1. The summed E-state index contributed by atoms with van der Waals surface area (Å²) in [5, 5.41) is 0.677. The third-order valence-electron chi connectivity index (χ3n) is 1.98. The molecular formula is C12H9ClINO. The lowest BCUT2D eigenvalue weighted by molar-refractivity contribution is 0.301. The highest BCUT2D eigenvalue weighted by Crippen LogP contribution is 2.15. The Bertz CT molecular complexity index is 473. The Kier molecular flexibility index (Phi) is 4.01. The summed E-state index contributed by atoms with van der Waals surface area (Å²) >= 11 is 8.11. The summed E-state index contributed by atoms with van der Waals surface area (Å²) in [7, 11) is 0. The van der Waals surface area contributed by atoms with Gasteiger partial charge in [-0.15, -0.1) is 0 Å². The van der Waals surface area contributed by atoms with E-state index in [0.29, 0.717) is 11.6 Å². The van der Waals surface area contributed by atoms with E-state index in [1.54, 1.807) is 18.3 Å². The van der Waals surface area contributed by atoms with Gasteiger partial charge in [-0.3, -0.25) is 4.98 Å². The number of halogens is 2. The first-order chi connectivity index (χ1) is 7.74. The van der Waals surface area contributed by atoms with Gasteiger partial charge in [-0.05, 0) is 59.0 Å². The second-order valence-electron chi connectivity index (χ2n) is 3.21. The fraction of sp³-hybridized carbons (Fsp3) is 0.0833. The topological polar surface area (TPSA) is 22.1 Å². The van der Waals surface area contributed by atoms with Crippen LogP contribution in [-0.2, 0) is 6.61 Å². The standard InChI is InChI=1S/C12H9ClINO/c13-9-5-6-15-11(7-9)8-16-12-3-1-10(14)2-4-12/h1-7H,8H2. The molecule has 0 aliphatic heterocycles. The second-order valence-corrected chi connectivity index (χ2v) is 4.89. The van der Waals surface area contributed by atoms with Crippen molar-refractivity contribution in [1.29, 1.82) is 0 Å². The van der Waals surface area contributed by atoms with Crippen LogP contribution in [0.3, 0.4) is 0 Å². The van der Waals surface area contributed by atoms with Gasteiger partial charge in [0.2, 0.25) is 0 Å². The van der Waals surface area contributed by atoms with Crippen LogP contribution in [0.5, 0.6) is 5.75 Å². The van der Waals surface area contributed by atoms with E-state index < -0.39 is 0 Å². The van der Waals surface area contributed by atoms with E-state index in [1.165, 1.54) is 3.57 Å². The molecule has 4 heteroatoms. The molecule has 16 heavy (non-hydrogen) atoms. The van der Waals surface area contributed by atoms with E-state index in [9.17, 15) is 0 Å². The fourth-order valence-corrected chi connectivity index (χ4v) is 1.76. The van der Waals surface area contributed by atoms with E-state index in [1.807, 2.05) is 24.3 Å². The van der Waals surface area contributed by atoms with Crippen LogP contribution in [0.15, 0.2) is 42.6 Å². The third kappa shape index (κ3) is 3.35. The minimum absolute atomic E-state index is 0.432. The van der Waals surface area contributed by atoms with Crippen molar-refractivity contribution in [2.24, 2.45) is 0 Å². The number of ether oxygens (including phenoxy) is 1. The molecule has 0 unspecified atom stereocenters. The molecule has 0 aliphatic carbocycles. The van der Waals surface area contributed by atoms with E-state index in [4.69, 9.17) is 16.3 Å². The van der Waals surface area contributed by atoms with Crippen molar-refractivity contribution in [1.82, 2.24) is 4.98 Å². The summed E-state index contributed by atoms with van der Waals surface area (Å²) in [5.41, 5.74) is 0.825. The SMILES string of the molecule is Clc1ccnc(COc2ccc(I)cc2)c1. The first-order valence-corrected chi connectivity index (χ1v) is 6.18. The summed E-state index contributed by atoms with van der Waals surface area (Å²) in [5.74, 6) is 0.835. The van der Waals surface area contributed by atoms with Crippen molar-refractivity contribution < 1.29 is 4.74 Å². The molecule has 2 nitrogen and oxygen atoms in total. The van der Waals surface area contributed by atoms with Crippen molar-refractivity contribution in [3.05, 3.63) is 56.9 Å². The summed E-state index contributed by atoms with van der Waals surface area (Å²) in [4.78, 5) is 4.16. The molecule has 1 aromatic heterocycles. The molecule has 2 rings (SSSR count). The molecule has 2 aromatic rings. The van der Waals surface area contributed by atoms with Crippen molar-refractivity contribution in [3.8, 4) is 5.75 Å². The Morgan fingerprint density at radius 2 is 1.94 bits per heavy atom. The maximum Gasteiger partial charge on any atom is 0.130 e. The Hall–Kier alpha value is -0.810. The number of hydrogen-bond donors (Lipinski definition) is 0. The quantitative estimate of drug-likeness (QED) is 0.787. The predicted molar refractivity (Wildman–Crippen MR) is 72.7 cm³/mol. The summed E-state index contributed by atoms with van der Waals surface area (Å²) < 4.78 is 6.76. The highest BCUT2D eigenvalue weighted by Gasteiger charge is 1.98. The minimum Gasteiger partial charge on any atom is -0.487 e. The van der Waals surface area contributed by atoms with Gasteiger partial charge in [0.15, 0.2) is 0 Å². The fourth-order valence-electron chi connectivity index (χ4n) is 1.22. The molecule has 82 valence electrons. The van der Waals surface area contributed by atoms with Gasteiger partial charge in [0.25, 0.3) is 0 Å². The monoisotopic (exact) mass is 345 g/mol. The molecule has 0 N–H and O–H groups in total. The predicted octanol–water partition coefficient (Wildman–Crippen LogP) is 3.92. The zero-order valence-corrected chi connectivity index (χ0v) is 11.3. The van der Waals surface area contributed by atoms with Crippen LogP contribution in [0.2, 0.25) is 5.02 Å². The third-order valence-corrected chi connectivity index (χ3v) is 2.93. The van der Waals surface area contributed by atoms with Crippen LogP contribution in [-0.4, -0.2) is 4.98 Å². The normalized spacial score (nSPS) is 10.1. The summed E-state index contributed by atoms with van der Waals surface area (Å²) in [6.07, 6.45) is 1.68. The van der Waals surface area contributed by atoms with Gasteiger partial charge in [0, 0.05) is 14.8 Å². The van der Waals surface area contributed by atoms with Gasteiger partial charge in [-0.2, -0.15) is 0 Å². The van der Waals surface area contributed by atoms with Crippen LogP contribution >= 0.6 is 34.2 Å². The van der Waals surface area contributed by atoms with Crippen LogP contribution in [0.1, 0.15) is 5.69 Å². The summed E-state index contributed by atoms with van der Waals surface area (Å²) in [6, 6.07) is 11.4. The smallest absolute Gasteiger partial charge is 0.130 e. The molecule has 0 saturated carbocycles. The lowest BCUT2D eigenvalue weighted by atomic mass is 10.3. The average molecular weight is 346 g/mol. The Morgan fingerprint density at radius 1 is 1.19 bits per heavy atom. The second kappa shape index (κ2) is 5.50. The van der Waals surface area contributed by atoms with E-state index in [0.717, 1.165) is 11.4 Å². The first-order valence-electron chi connectivity index (χ1n) is 4.73. The number of rotatable bonds is 3. The molecule has 1 heterocycles. The maximum absolute atomic E-state index is 5.85. The molecule has 0 aliphatic rings. The zero-order valence-electron chi connectivity index (χ0n) is 8.36. The molecule has 0 fully saturated rings. The Morgan fingerprint density at radius 3 is 2.62 bits per heavy atom. The van der Waals surface area contributed by atoms with Crippen LogP contribution in [0.25, 0.3) is 0 Å². The summed E-state index contributed by atoms with van der Waals surface area (Å²) in [6.45, 7) is 0.432. The van der Waals surface area contributed by atoms with Crippen molar-refractivity contribution >= 4 is 34.2 Å². The minimum atomic E-state index is 0.432. The first kappa shape index (κ1) is 11.7. The van der Waals surface area contributed by atoms with Gasteiger partial charge < -0.3 is 4.74 Å². The lowest BCUT2D eigenvalue weighted by Crippen LogP contribution is -1.97. The average Bonchev–Trinajstić information content (AvgIpc) is 2.28. The van der Waals surface area contributed by atoms with Crippen LogP contribution < -0.4 is 4.74 Å². The molecular weight excluding hydrogens is 336 g/mol. The van der Waals surface area contributed by atoms with E-state index in [-0.39, 0.29) is 0 Å². The Balaban J connectivity index is 1.99. The van der Waals surface area contributed by atoms with Gasteiger partial charge >= 0.3 is 0 Å². The molecule has 0 amide bonds. The maximum atomic E-state index is 5.85. The largest absolute Gasteiger partial charge is 0.487 e. The van der Waals surface area contributed by atoms with Crippen molar-refractivity contribution in [2.45, 2.75) is 6.61 Å². The van der Waals surface area contributed by atoms with Gasteiger partial charge in [0.05, 0.1) is 5.69 Å². The highest BCUT2D eigenvalue weighted by molar-refractivity contribution is 14.1. The van der Waals surface area contributed by atoms with Crippen LogP contribution in [0.4, 0.5) is 0 Å². The number of nitrogens with zero attached hydrogens (tertiary/aromatic N) is 1. The van der Waals surface area contributed by atoms with Crippen molar-refractivity contribution in [2.75, 3.05) is 0 Å². The van der Waals surface area contributed by atoms with Crippen LogP contribution in [0, 0.1) is 3.57 Å². The molecule has 0 saturated heterocycles. The number of aromatic nitrogens is 1. The van der Waals surface area contributed by atoms with E-state index >= 15 is 0 Å². The number of pyridine rings is 1. The van der Waals surface area contributed by atoms with E-state index in [2.05, 4.69) is 27.6 Å². The molecule has 0 spiro atoms. The molecule has 0 bridgehead atoms. The van der Waals surface area contributed by atoms with Crippen molar-refractivity contribution in [3.63, 3.8) is 0 Å². The van der Waals surface area contributed by atoms with Gasteiger partial charge in [0.1, 0.15) is 12.4 Å². The van der Waals surface area contributed by atoms with Gasteiger partial charge in [-0.25, -0.2) is 0 Å². The van der Waals surface area contributed by atoms with Gasteiger partial charge in [-0.1, -0.05) is 11.6 Å². The zero-order chi connectivity index (χ0) is 11.4.